The molecule has 0 aromatic heterocycles. The average Bonchev–Trinajstić information content (AvgIpc) is 1.80. The van der Waals surface area contributed by atoms with Crippen LogP contribution in [0, 0.1) is 5.92 Å². The predicted octanol–water partition coefficient (Wildman–Crippen LogP) is 3.47. The van der Waals surface area contributed by atoms with Crippen molar-refractivity contribution in [1.29, 1.82) is 0 Å². The molecule has 0 aliphatic heterocycles. The fraction of sp³-hybridized carbons (Fsp3) is 1.00. The van der Waals surface area contributed by atoms with Crippen LogP contribution in [-0.2, 0) is 0 Å². The van der Waals surface area contributed by atoms with Gasteiger partial charge >= 0.3 is 0 Å². The zero-order valence-corrected chi connectivity index (χ0v) is 6.95. The lowest BCUT2D eigenvalue weighted by molar-refractivity contribution is -0.0443. The lowest BCUT2D eigenvalue weighted by atomic mass is 9.95. The molecule has 0 fully saturated rings. The molecule has 0 nitrogen and oxygen atoms in total. The number of hydrogen-bond acceptors (Lipinski definition) is 0. The van der Waals surface area contributed by atoms with Crippen molar-refractivity contribution in [3.8, 4) is 0 Å². The van der Waals surface area contributed by atoms with E-state index in [1.807, 2.05) is 13.8 Å². The third kappa shape index (κ3) is 3.14. The van der Waals surface area contributed by atoms with Crippen LogP contribution in [0.4, 0.5) is 8.78 Å². The third-order valence-electron chi connectivity index (χ3n) is 1.85. The minimum atomic E-state index is -2.48. The van der Waals surface area contributed by atoms with E-state index in [4.69, 9.17) is 0 Å². The summed E-state index contributed by atoms with van der Waals surface area (Å²) in [6, 6.07) is 0. The van der Waals surface area contributed by atoms with Crippen LogP contribution < -0.4 is 0 Å². The molecule has 0 amide bonds. The summed E-state index contributed by atoms with van der Waals surface area (Å²) in [6.07, 6.45) is 2.07. The van der Waals surface area contributed by atoms with Gasteiger partial charge in [0.15, 0.2) is 0 Å². The summed E-state index contributed by atoms with van der Waals surface area (Å²) in [6.45, 7) is 4.77. The fourth-order valence-corrected chi connectivity index (χ4v) is 1.16. The molecular weight excluding hydrogens is 134 g/mol. The van der Waals surface area contributed by atoms with E-state index in [9.17, 15) is 8.78 Å². The Morgan fingerprint density at radius 2 is 1.80 bits per heavy atom. The minimum Gasteiger partial charge on any atom is -0.207 e. The van der Waals surface area contributed by atoms with Crippen molar-refractivity contribution in [2.45, 2.75) is 46.0 Å². The van der Waals surface area contributed by atoms with Crippen molar-refractivity contribution in [2.75, 3.05) is 0 Å². The molecule has 0 radical (unpaired) electrons. The SMILES string of the molecule is CCCC(CC)C(C)(F)F. The second kappa shape index (κ2) is 3.89. The predicted molar refractivity (Wildman–Crippen MR) is 39.3 cm³/mol. The van der Waals surface area contributed by atoms with Gasteiger partial charge in [-0.15, -0.1) is 0 Å². The van der Waals surface area contributed by atoms with Gasteiger partial charge in [0.2, 0.25) is 5.92 Å². The maximum atomic E-state index is 12.6. The summed E-state index contributed by atoms with van der Waals surface area (Å²) in [5.41, 5.74) is 0. The summed E-state index contributed by atoms with van der Waals surface area (Å²) < 4.78 is 25.1. The van der Waals surface area contributed by atoms with E-state index in [0.29, 0.717) is 12.8 Å². The van der Waals surface area contributed by atoms with E-state index in [0.717, 1.165) is 13.3 Å². The van der Waals surface area contributed by atoms with Gasteiger partial charge in [-0.05, 0) is 19.8 Å². The highest BCUT2D eigenvalue weighted by atomic mass is 19.3. The largest absolute Gasteiger partial charge is 0.248 e. The van der Waals surface area contributed by atoms with Gasteiger partial charge in [0.1, 0.15) is 0 Å². The van der Waals surface area contributed by atoms with Crippen molar-refractivity contribution in [3.05, 3.63) is 0 Å². The molecule has 0 bridgehead atoms. The minimum absolute atomic E-state index is 0.419. The van der Waals surface area contributed by atoms with Crippen LogP contribution in [0.1, 0.15) is 40.0 Å². The van der Waals surface area contributed by atoms with Crippen molar-refractivity contribution >= 4 is 0 Å². The molecule has 0 aromatic carbocycles. The Kier molecular flexibility index (Phi) is 3.84. The molecule has 62 valence electrons. The zero-order valence-electron chi connectivity index (χ0n) is 6.95. The monoisotopic (exact) mass is 150 g/mol. The first kappa shape index (κ1) is 9.86. The van der Waals surface area contributed by atoms with Crippen LogP contribution >= 0.6 is 0 Å². The molecule has 0 rings (SSSR count). The second-order valence-electron chi connectivity index (χ2n) is 2.85. The molecule has 2 heteroatoms. The van der Waals surface area contributed by atoms with Crippen molar-refractivity contribution < 1.29 is 8.78 Å². The van der Waals surface area contributed by atoms with Gasteiger partial charge in [0.25, 0.3) is 0 Å². The van der Waals surface area contributed by atoms with Crippen LogP contribution in [-0.4, -0.2) is 5.92 Å². The number of rotatable bonds is 4. The first-order valence-electron chi connectivity index (χ1n) is 3.90. The molecule has 0 aliphatic rings. The van der Waals surface area contributed by atoms with Crippen molar-refractivity contribution in [2.24, 2.45) is 5.92 Å². The standard InChI is InChI=1S/C8H16F2/c1-4-6-7(5-2)8(3,9)10/h7H,4-6H2,1-3H3. The molecule has 0 spiro atoms. The number of halogens is 2. The topological polar surface area (TPSA) is 0 Å². The molecule has 10 heavy (non-hydrogen) atoms. The van der Waals surface area contributed by atoms with Gasteiger partial charge in [-0.3, -0.25) is 0 Å². The molecular formula is C8H16F2. The molecule has 0 saturated heterocycles. The summed E-state index contributed by atoms with van der Waals surface area (Å²) in [7, 11) is 0. The number of hydrogen-bond donors (Lipinski definition) is 0. The Labute approximate surface area is 61.6 Å². The van der Waals surface area contributed by atoms with Gasteiger partial charge in [-0.25, -0.2) is 8.78 Å². The van der Waals surface area contributed by atoms with E-state index < -0.39 is 11.8 Å². The second-order valence-corrected chi connectivity index (χ2v) is 2.85. The van der Waals surface area contributed by atoms with E-state index in [2.05, 4.69) is 0 Å². The summed E-state index contributed by atoms with van der Waals surface area (Å²) >= 11 is 0. The molecule has 1 atom stereocenters. The van der Waals surface area contributed by atoms with Crippen LogP contribution in [0.15, 0.2) is 0 Å². The van der Waals surface area contributed by atoms with Crippen molar-refractivity contribution in [1.82, 2.24) is 0 Å². The summed E-state index contributed by atoms with van der Waals surface area (Å²) in [5, 5.41) is 0. The van der Waals surface area contributed by atoms with E-state index in [1.165, 1.54) is 0 Å². The highest BCUT2D eigenvalue weighted by molar-refractivity contribution is 4.70. The molecule has 0 heterocycles. The van der Waals surface area contributed by atoms with Gasteiger partial charge in [-0.2, -0.15) is 0 Å². The average molecular weight is 150 g/mol. The molecule has 0 aliphatic carbocycles. The lowest BCUT2D eigenvalue weighted by Crippen LogP contribution is -2.23. The third-order valence-corrected chi connectivity index (χ3v) is 1.85. The lowest BCUT2D eigenvalue weighted by Gasteiger charge is -2.21. The van der Waals surface area contributed by atoms with Crippen LogP contribution in [0.5, 0.6) is 0 Å². The van der Waals surface area contributed by atoms with Crippen LogP contribution in [0.3, 0.4) is 0 Å². The maximum Gasteiger partial charge on any atom is 0.248 e. The van der Waals surface area contributed by atoms with E-state index in [-0.39, 0.29) is 0 Å². The van der Waals surface area contributed by atoms with Crippen molar-refractivity contribution in [3.63, 3.8) is 0 Å². The first-order valence-corrected chi connectivity index (χ1v) is 3.90. The molecule has 0 N–H and O–H groups in total. The van der Waals surface area contributed by atoms with E-state index >= 15 is 0 Å². The van der Waals surface area contributed by atoms with Gasteiger partial charge in [0.05, 0.1) is 0 Å². The Balaban J connectivity index is 3.81. The van der Waals surface area contributed by atoms with Gasteiger partial charge in [-0.1, -0.05) is 20.3 Å². The highest BCUT2D eigenvalue weighted by Crippen LogP contribution is 2.29. The van der Waals surface area contributed by atoms with Gasteiger partial charge in [0, 0.05) is 5.92 Å². The first-order chi connectivity index (χ1) is 4.52. The Morgan fingerprint density at radius 1 is 1.30 bits per heavy atom. The van der Waals surface area contributed by atoms with Crippen LogP contribution in [0.25, 0.3) is 0 Å². The molecule has 0 saturated carbocycles. The Bertz CT molecular complexity index is 83.7. The number of alkyl halides is 2. The Hall–Kier alpha value is -0.140. The highest BCUT2D eigenvalue weighted by Gasteiger charge is 2.31. The normalized spacial score (nSPS) is 15.3. The van der Waals surface area contributed by atoms with E-state index in [1.54, 1.807) is 0 Å². The molecule has 0 aromatic rings. The smallest absolute Gasteiger partial charge is 0.207 e. The zero-order chi connectivity index (χ0) is 8.20. The summed E-state index contributed by atoms with van der Waals surface area (Å²) in [5.74, 6) is -2.90. The van der Waals surface area contributed by atoms with Gasteiger partial charge < -0.3 is 0 Å². The quantitative estimate of drug-likeness (QED) is 0.575. The fourth-order valence-electron chi connectivity index (χ4n) is 1.16. The van der Waals surface area contributed by atoms with Crippen LogP contribution in [0.2, 0.25) is 0 Å². The summed E-state index contributed by atoms with van der Waals surface area (Å²) in [4.78, 5) is 0. The maximum absolute atomic E-state index is 12.6. The molecule has 1 unspecified atom stereocenters. The Morgan fingerprint density at radius 3 is 1.90 bits per heavy atom.